The van der Waals surface area contributed by atoms with E-state index in [1.165, 1.54) is 19.4 Å². The fraction of sp³-hybridized carbons (Fsp3) is 1.00. The third-order valence-corrected chi connectivity index (χ3v) is 1.91. The first-order valence-corrected chi connectivity index (χ1v) is 3.54. The van der Waals surface area contributed by atoms with E-state index < -0.39 is 0 Å². The molecule has 1 heterocycles. The van der Waals surface area contributed by atoms with Gasteiger partial charge in [-0.15, -0.1) is 0 Å². The van der Waals surface area contributed by atoms with Crippen LogP contribution in [0.15, 0.2) is 0 Å². The number of rotatable bonds is 1. The van der Waals surface area contributed by atoms with Crippen molar-refractivity contribution >= 4 is 0 Å². The lowest BCUT2D eigenvalue weighted by molar-refractivity contribution is 0.0408. The summed E-state index contributed by atoms with van der Waals surface area (Å²) in [5.41, 5.74) is 0. The summed E-state index contributed by atoms with van der Waals surface area (Å²) in [6.45, 7) is 2.34. The van der Waals surface area contributed by atoms with E-state index in [9.17, 15) is 0 Å². The molecule has 54 valence electrons. The van der Waals surface area contributed by atoms with Crippen molar-refractivity contribution in [1.82, 2.24) is 4.90 Å². The molecule has 1 saturated heterocycles. The van der Waals surface area contributed by atoms with Gasteiger partial charge in [0.05, 0.1) is 6.10 Å². The molecule has 1 aliphatic heterocycles. The van der Waals surface area contributed by atoms with Gasteiger partial charge in [-0.05, 0) is 26.4 Å². The Kier molecular flexibility index (Phi) is 2.49. The maximum atomic E-state index is 5.22. The van der Waals surface area contributed by atoms with Gasteiger partial charge in [-0.2, -0.15) is 0 Å². The minimum Gasteiger partial charge on any atom is -0.380 e. The highest BCUT2D eigenvalue weighted by molar-refractivity contribution is 4.69. The largest absolute Gasteiger partial charge is 0.380 e. The molecule has 0 bridgehead atoms. The zero-order valence-electron chi connectivity index (χ0n) is 6.26. The van der Waals surface area contributed by atoms with Crippen molar-refractivity contribution in [3.8, 4) is 0 Å². The Morgan fingerprint density at radius 2 is 2.33 bits per heavy atom. The lowest BCUT2D eigenvalue weighted by atomic mass is 10.1. The van der Waals surface area contributed by atoms with Gasteiger partial charge in [-0.3, -0.25) is 0 Å². The van der Waals surface area contributed by atoms with E-state index in [0.717, 1.165) is 6.54 Å². The van der Waals surface area contributed by atoms with Crippen LogP contribution in [0.3, 0.4) is 0 Å². The summed E-state index contributed by atoms with van der Waals surface area (Å²) >= 11 is 0. The predicted molar refractivity (Wildman–Crippen MR) is 37.5 cm³/mol. The van der Waals surface area contributed by atoms with Gasteiger partial charge in [0.2, 0.25) is 0 Å². The van der Waals surface area contributed by atoms with Crippen LogP contribution in [0.4, 0.5) is 0 Å². The first kappa shape index (κ1) is 7.03. The van der Waals surface area contributed by atoms with Crippen molar-refractivity contribution in [2.75, 3.05) is 27.2 Å². The summed E-state index contributed by atoms with van der Waals surface area (Å²) in [5.74, 6) is 0. The van der Waals surface area contributed by atoms with Crippen LogP contribution in [0.5, 0.6) is 0 Å². The van der Waals surface area contributed by atoms with E-state index in [1.807, 2.05) is 0 Å². The van der Waals surface area contributed by atoms with Gasteiger partial charge in [0, 0.05) is 13.7 Å². The van der Waals surface area contributed by atoms with Crippen LogP contribution < -0.4 is 0 Å². The number of piperidine rings is 1. The van der Waals surface area contributed by atoms with E-state index in [2.05, 4.69) is 11.9 Å². The van der Waals surface area contributed by atoms with Gasteiger partial charge < -0.3 is 9.64 Å². The topological polar surface area (TPSA) is 12.5 Å². The standard InChI is InChI=1S/C7H15NO/c1-8-5-3-4-7(6-8)9-2/h7H,3-6H2,1-2H3/t7-/m1/s1. The van der Waals surface area contributed by atoms with E-state index in [4.69, 9.17) is 4.74 Å². The number of methoxy groups -OCH3 is 1. The number of nitrogens with zero attached hydrogens (tertiary/aromatic N) is 1. The molecule has 0 aliphatic carbocycles. The Morgan fingerprint density at radius 3 is 2.78 bits per heavy atom. The summed E-state index contributed by atoms with van der Waals surface area (Å²) in [6.07, 6.45) is 3.01. The molecule has 0 unspecified atom stereocenters. The Balaban J connectivity index is 2.23. The first-order chi connectivity index (χ1) is 4.33. The molecule has 0 aromatic heterocycles. The second kappa shape index (κ2) is 3.18. The second-order valence-corrected chi connectivity index (χ2v) is 2.76. The van der Waals surface area contributed by atoms with Gasteiger partial charge >= 0.3 is 0 Å². The van der Waals surface area contributed by atoms with Crippen LogP contribution in [-0.2, 0) is 4.74 Å². The fourth-order valence-electron chi connectivity index (χ4n) is 1.31. The lowest BCUT2D eigenvalue weighted by Crippen LogP contribution is -2.36. The molecule has 0 spiro atoms. The molecular formula is C7H15NO. The monoisotopic (exact) mass is 129 g/mol. The number of likely N-dealkylation sites (tertiary alicyclic amines) is 1. The lowest BCUT2D eigenvalue weighted by Gasteiger charge is -2.28. The SMILES string of the molecule is CO[C@@H]1CCCN(C)C1. The summed E-state index contributed by atoms with van der Waals surface area (Å²) < 4.78 is 5.22. The normalized spacial score (nSPS) is 30.7. The molecular weight excluding hydrogens is 114 g/mol. The molecule has 9 heavy (non-hydrogen) atoms. The molecule has 0 radical (unpaired) electrons. The Morgan fingerprint density at radius 1 is 1.56 bits per heavy atom. The van der Waals surface area contributed by atoms with Crippen molar-refractivity contribution in [2.24, 2.45) is 0 Å². The molecule has 1 atom stereocenters. The highest BCUT2D eigenvalue weighted by Crippen LogP contribution is 2.09. The minimum atomic E-state index is 0.490. The molecule has 2 heteroatoms. The first-order valence-electron chi connectivity index (χ1n) is 3.54. The third kappa shape index (κ3) is 1.95. The van der Waals surface area contributed by atoms with Crippen LogP contribution in [0.1, 0.15) is 12.8 Å². The maximum Gasteiger partial charge on any atom is 0.0698 e. The van der Waals surface area contributed by atoms with E-state index >= 15 is 0 Å². The Labute approximate surface area is 56.8 Å². The average molecular weight is 129 g/mol. The van der Waals surface area contributed by atoms with Crippen molar-refractivity contribution in [3.05, 3.63) is 0 Å². The molecule has 0 saturated carbocycles. The number of hydrogen-bond donors (Lipinski definition) is 0. The van der Waals surface area contributed by atoms with Gasteiger partial charge in [0.15, 0.2) is 0 Å². The second-order valence-electron chi connectivity index (χ2n) is 2.76. The van der Waals surface area contributed by atoms with E-state index in [1.54, 1.807) is 7.11 Å². The molecule has 0 amide bonds. The molecule has 1 aliphatic rings. The highest BCUT2D eigenvalue weighted by Gasteiger charge is 2.15. The maximum absolute atomic E-state index is 5.22. The highest BCUT2D eigenvalue weighted by atomic mass is 16.5. The van der Waals surface area contributed by atoms with Crippen molar-refractivity contribution in [1.29, 1.82) is 0 Å². The molecule has 0 aromatic rings. The van der Waals surface area contributed by atoms with Gasteiger partial charge in [-0.1, -0.05) is 0 Å². The molecule has 0 N–H and O–H groups in total. The Bertz CT molecular complexity index is 85.0. The average Bonchev–Trinajstić information content (AvgIpc) is 1.88. The summed E-state index contributed by atoms with van der Waals surface area (Å²) in [4.78, 5) is 2.32. The zero-order chi connectivity index (χ0) is 6.69. The van der Waals surface area contributed by atoms with Crippen molar-refractivity contribution in [2.45, 2.75) is 18.9 Å². The zero-order valence-corrected chi connectivity index (χ0v) is 6.26. The number of hydrogen-bond acceptors (Lipinski definition) is 2. The van der Waals surface area contributed by atoms with E-state index in [0.29, 0.717) is 6.10 Å². The van der Waals surface area contributed by atoms with Crippen LogP contribution in [0, 0.1) is 0 Å². The summed E-state index contributed by atoms with van der Waals surface area (Å²) in [5, 5.41) is 0. The fourth-order valence-corrected chi connectivity index (χ4v) is 1.31. The van der Waals surface area contributed by atoms with Crippen LogP contribution in [-0.4, -0.2) is 38.3 Å². The molecule has 0 aromatic carbocycles. The number of likely N-dealkylation sites (N-methyl/N-ethyl adjacent to an activating group) is 1. The van der Waals surface area contributed by atoms with Crippen molar-refractivity contribution in [3.63, 3.8) is 0 Å². The quantitative estimate of drug-likeness (QED) is 0.517. The Hall–Kier alpha value is -0.0800. The molecule has 1 rings (SSSR count). The van der Waals surface area contributed by atoms with Gasteiger partial charge in [0.25, 0.3) is 0 Å². The van der Waals surface area contributed by atoms with Crippen LogP contribution in [0.25, 0.3) is 0 Å². The number of ether oxygens (including phenoxy) is 1. The third-order valence-electron chi connectivity index (χ3n) is 1.91. The minimum absolute atomic E-state index is 0.490. The summed E-state index contributed by atoms with van der Waals surface area (Å²) in [7, 11) is 3.94. The van der Waals surface area contributed by atoms with Crippen LogP contribution >= 0.6 is 0 Å². The molecule has 2 nitrogen and oxygen atoms in total. The van der Waals surface area contributed by atoms with Crippen LogP contribution in [0.2, 0.25) is 0 Å². The van der Waals surface area contributed by atoms with Gasteiger partial charge in [0.1, 0.15) is 0 Å². The summed E-state index contributed by atoms with van der Waals surface area (Å²) in [6, 6.07) is 0. The predicted octanol–water partition coefficient (Wildman–Crippen LogP) is 0.727. The smallest absolute Gasteiger partial charge is 0.0698 e. The molecule has 1 fully saturated rings. The van der Waals surface area contributed by atoms with E-state index in [-0.39, 0.29) is 0 Å². The van der Waals surface area contributed by atoms with Crippen molar-refractivity contribution < 1.29 is 4.74 Å². The van der Waals surface area contributed by atoms with Gasteiger partial charge in [-0.25, -0.2) is 0 Å².